The number of carbonyl (C=O) groups excluding carboxylic acids is 1. The van der Waals surface area contributed by atoms with Gasteiger partial charge in [-0.1, -0.05) is 55.5 Å². The Morgan fingerprint density at radius 2 is 1.73 bits per heavy atom. The van der Waals surface area contributed by atoms with Gasteiger partial charge in [0.15, 0.2) is 0 Å². The van der Waals surface area contributed by atoms with Crippen molar-refractivity contribution in [3.8, 4) is 0 Å². The smallest absolute Gasteiger partial charge is 0.230 e. The van der Waals surface area contributed by atoms with Gasteiger partial charge in [0.05, 0.1) is 19.1 Å². The van der Waals surface area contributed by atoms with E-state index >= 15 is 0 Å². The number of rotatable bonds is 6. The molecule has 0 spiro atoms. The second kappa shape index (κ2) is 8.86. The van der Waals surface area contributed by atoms with Crippen LogP contribution >= 0.6 is 0 Å². The van der Waals surface area contributed by atoms with Crippen molar-refractivity contribution in [1.82, 2.24) is 4.90 Å². The molecule has 0 bridgehead atoms. The Morgan fingerprint density at radius 3 is 2.42 bits per heavy atom. The summed E-state index contributed by atoms with van der Waals surface area (Å²) in [6, 6.07) is 18.5. The molecule has 138 valence electrons. The molecule has 1 aliphatic heterocycles. The van der Waals surface area contributed by atoms with E-state index in [2.05, 4.69) is 30.0 Å². The Hall–Kier alpha value is -2.33. The molecule has 0 radical (unpaired) electrons. The number of ether oxygens (including phenoxy) is 1. The molecule has 3 rings (SSSR count). The van der Waals surface area contributed by atoms with Crippen LogP contribution in [0.4, 0.5) is 5.69 Å². The summed E-state index contributed by atoms with van der Waals surface area (Å²) in [5.41, 5.74) is 3.49. The van der Waals surface area contributed by atoms with Gasteiger partial charge in [-0.05, 0) is 23.6 Å². The number of amides is 1. The fourth-order valence-corrected chi connectivity index (χ4v) is 3.59. The van der Waals surface area contributed by atoms with Crippen LogP contribution in [-0.2, 0) is 16.1 Å². The minimum Gasteiger partial charge on any atom is -0.378 e. The summed E-state index contributed by atoms with van der Waals surface area (Å²) >= 11 is 0. The maximum atomic E-state index is 13.1. The van der Waals surface area contributed by atoms with Gasteiger partial charge in [-0.15, -0.1) is 0 Å². The molecule has 2 aromatic rings. The SMILES string of the molecule is CCC(C(=O)N(C)Cc1ccccc1N1CCOCC1)c1ccccc1. The van der Waals surface area contributed by atoms with E-state index in [0.717, 1.165) is 38.3 Å². The van der Waals surface area contributed by atoms with E-state index in [1.165, 1.54) is 11.3 Å². The highest BCUT2D eigenvalue weighted by Crippen LogP contribution is 2.26. The number of carbonyl (C=O) groups is 1. The normalized spacial score (nSPS) is 15.5. The lowest BCUT2D eigenvalue weighted by atomic mass is 9.95. The molecule has 0 aromatic heterocycles. The Labute approximate surface area is 156 Å². The van der Waals surface area contributed by atoms with Gasteiger partial charge in [-0.2, -0.15) is 0 Å². The topological polar surface area (TPSA) is 32.8 Å². The summed E-state index contributed by atoms with van der Waals surface area (Å²) in [5, 5.41) is 0. The first-order valence-electron chi connectivity index (χ1n) is 9.41. The molecule has 1 atom stereocenters. The van der Waals surface area contributed by atoms with Crippen LogP contribution in [0.1, 0.15) is 30.4 Å². The number of anilines is 1. The van der Waals surface area contributed by atoms with Crippen molar-refractivity contribution in [1.29, 1.82) is 0 Å². The van der Waals surface area contributed by atoms with Crippen molar-refractivity contribution >= 4 is 11.6 Å². The van der Waals surface area contributed by atoms with Gasteiger partial charge in [-0.3, -0.25) is 4.79 Å². The number of para-hydroxylation sites is 1. The predicted octanol–water partition coefficient (Wildman–Crippen LogP) is 3.68. The van der Waals surface area contributed by atoms with Crippen LogP contribution in [0.25, 0.3) is 0 Å². The van der Waals surface area contributed by atoms with Crippen molar-refractivity contribution in [3.05, 3.63) is 65.7 Å². The van der Waals surface area contributed by atoms with Crippen LogP contribution in [-0.4, -0.2) is 44.2 Å². The number of hydrogen-bond acceptors (Lipinski definition) is 3. The molecule has 4 heteroatoms. The maximum Gasteiger partial charge on any atom is 0.230 e. The first-order valence-corrected chi connectivity index (χ1v) is 9.41. The zero-order chi connectivity index (χ0) is 18.4. The molecule has 0 aliphatic carbocycles. The number of hydrogen-bond donors (Lipinski definition) is 0. The molecule has 1 heterocycles. The molecule has 1 saturated heterocycles. The Kier molecular flexibility index (Phi) is 6.29. The van der Waals surface area contributed by atoms with E-state index in [9.17, 15) is 4.79 Å². The van der Waals surface area contributed by atoms with E-state index in [1.807, 2.05) is 48.3 Å². The molecular formula is C22H28N2O2. The largest absolute Gasteiger partial charge is 0.378 e. The van der Waals surface area contributed by atoms with Crippen LogP contribution in [0.15, 0.2) is 54.6 Å². The number of benzene rings is 2. The molecule has 1 unspecified atom stereocenters. The summed E-state index contributed by atoms with van der Waals surface area (Å²) in [6.07, 6.45) is 0.804. The first-order chi connectivity index (χ1) is 12.7. The van der Waals surface area contributed by atoms with Crippen molar-refractivity contribution in [2.24, 2.45) is 0 Å². The zero-order valence-corrected chi connectivity index (χ0v) is 15.7. The Morgan fingerprint density at radius 1 is 1.08 bits per heavy atom. The average Bonchev–Trinajstić information content (AvgIpc) is 2.70. The van der Waals surface area contributed by atoms with E-state index in [0.29, 0.717) is 6.54 Å². The summed E-state index contributed by atoms with van der Waals surface area (Å²) in [6.45, 7) is 6.01. The van der Waals surface area contributed by atoms with E-state index in [-0.39, 0.29) is 11.8 Å². The second-order valence-corrected chi connectivity index (χ2v) is 6.79. The summed E-state index contributed by atoms with van der Waals surface area (Å²) < 4.78 is 5.47. The van der Waals surface area contributed by atoms with E-state index in [1.54, 1.807) is 0 Å². The molecule has 1 amide bonds. The summed E-state index contributed by atoms with van der Waals surface area (Å²) in [5.74, 6) is 0.0900. The summed E-state index contributed by atoms with van der Waals surface area (Å²) in [4.78, 5) is 17.3. The van der Waals surface area contributed by atoms with E-state index in [4.69, 9.17) is 4.74 Å². The highest BCUT2D eigenvalue weighted by molar-refractivity contribution is 5.83. The molecule has 2 aromatic carbocycles. The lowest BCUT2D eigenvalue weighted by molar-refractivity contribution is -0.132. The summed E-state index contributed by atoms with van der Waals surface area (Å²) in [7, 11) is 1.91. The van der Waals surface area contributed by atoms with Gasteiger partial charge in [0.1, 0.15) is 0 Å². The van der Waals surface area contributed by atoms with Crippen molar-refractivity contribution in [2.75, 3.05) is 38.3 Å². The first kappa shape index (κ1) is 18.5. The van der Waals surface area contributed by atoms with Crippen LogP contribution in [0.5, 0.6) is 0 Å². The van der Waals surface area contributed by atoms with Gasteiger partial charge >= 0.3 is 0 Å². The monoisotopic (exact) mass is 352 g/mol. The van der Waals surface area contributed by atoms with Crippen molar-refractivity contribution < 1.29 is 9.53 Å². The highest BCUT2D eigenvalue weighted by Gasteiger charge is 2.23. The zero-order valence-electron chi connectivity index (χ0n) is 15.7. The second-order valence-electron chi connectivity index (χ2n) is 6.79. The van der Waals surface area contributed by atoms with Crippen molar-refractivity contribution in [3.63, 3.8) is 0 Å². The number of nitrogens with zero attached hydrogens (tertiary/aromatic N) is 2. The standard InChI is InChI=1S/C22H28N2O2/c1-3-20(18-9-5-4-6-10-18)22(25)23(2)17-19-11-7-8-12-21(19)24-13-15-26-16-14-24/h4-12,20H,3,13-17H2,1-2H3. The third kappa shape index (κ3) is 4.25. The molecule has 26 heavy (non-hydrogen) atoms. The minimum absolute atomic E-state index is 0.0863. The minimum atomic E-state index is -0.0863. The van der Waals surface area contributed by atoms with E-state index < -0.39 is 0 Å². The third-order valence-electron chi connectivity index (χ3n) is 5.04. The lowest BCUT2D eigenvalue weighted by Crippen LogP contribution is -2.37. The van der Waals surface area contributed by atoms with Crippen LogP contribution in [0, 0.1) is 0 Å². The molecule has 0 N–H and O–H groups in total. The molecular weight excluding hydrogens is 324 g/mol. The van der Waals surface area contributed by atoms with Crippen LogP contribution in [0.2, 0.25) is 0 Å². The maximum absolute atomic E-state index is 13.1. The van der Waals surface area contributed by atoms with Crippen molar-refractivity contribution in [2.45, 2.75) is 25.8 Å². The van der Waals surface area contributed by atoms with Gasteiger partial charge in [0.25, 0.3) is 0 Å². The molecule has 1 fully saturated rings. The highest BCUT2D eigenvalue weighted by atomic mass is 16.5. The number of likely N-dealkylation sites (N-methyl/N-ethyl adjacent to an activating group) is 1. The quantitative estimate of drug-likeness (QED) is 0.795. The van der Waals surface area contributed by atoms with Crippen LogP contribution < -0.4 is 4.90 Å². The third-order valence-corrected chi connectivity index (χ3v) is 5.04. The van der Waals surface area contributed by atoms with Gasteiger partial charge in [0, 0.05) is 32.4 Å². The van der Waals surface area contributed by atoms with Gasteiger partial charge in [-0.25, -0.2) is 0 Å². The predicted molar refractivity (Wildman–Crippen MR) is 105 cm³/mol. The fraction of sp³-hybridized carbons (Fsp3) is 0.409. The Balaban J connectivity index is 1.75. The average molecular weight is 352 g/mol. The van der Waals surface area contributed by atoms with Crippen LogP contribution in [0.3, 0.4) is 0 Å². The fourth-order valence-electron chi connectivity index (χ4n) is 3.59. The number of morpholine rings is 1. The molecule has 0 saturated carbocycles. The van der Waals surface area contributed by atoms with Gasteiger partial charge in [0.2, 0.25) is 5.91 Å². The van der Waals surface area contributed by atoms with Gasteiger partial charge < -0.3 is 14.5 Å². The molecule has 4 nitrogen and oxygen atoms in total. The Bertz CT molecular complexity index is 711. The lowest BCUT2D eigenvalue weighted by Gasteiger charge is -2.32. The molecule has 1 aliphatic rings.